The molecule has 0 saturated carbocycles. The first kappa shape index (κ1) is 14.0. The van der Waals surface area contributed by atoms with Crippen molar-refractivity contribution in [2.75, 3.05) is 5.32 Å². The molecule has 3 aromatic rings. The largest absolute Gasteiger partial charge is 0.439 e. The number of rotatable bonds is 4. The van der Waals surface area contributed by atoms with Gasteiger partial charge in [-0.2, -0.15) is 0 Å². The highest BCUT2D eigenvalue weighted by atomic mass is 32.1. The maximum atomic E-state index is 11.8. The van der Waals surface area contributed by atoms with Crippen LogP contribution >= 0.6 is 11.3 Å². The van der Waals surface area contributed by atoms with Crippen LogP contribution < -0.4 is 11.1 Å². The molecule has 0 aliphatic rings. The number of nitrogens with one attached hydrogen (secondary N) is 2. The van der Waals surface area contributed by atoms with Crippen LogP contribution in [0.15, 0.2) is 50.5 Å². The molecule has 2 heterocycles. The van der Waals surface area contributed by atoms with Gasteiger partial charge in [-0.1, -0.05) is 17.3 Å². The molecule has 0 atom stereocenters. The van der Waals surface area contributed by atoms with Gasteiger partial charge in [0.05, 0.1) is 11.2 Å². The monoisotopic (exact) mass is 314 g/mol. The van der Waals surface area contributed by atoms with Crippen molar-refractivity contribution in [1.29, 1.82) is 0 Å². The quantitative estimate of drug-likeness (QED) is 0.718. The molecule has 7 nitrogen and oxygen atoms in total. The van der Waals surface area contributed by atoms with Gasteiger partial charge in [-0.15, -0.1) is 11.3 Å². The fourth-order valence-corrected chi connectivity index (χ4v) is 2.27. The van der Waals surface area contributed by atoms with Crippen molar-refractivity contribution in [3.63, 3.8) is 0 Å². The topological polar surface area (TPSA) is 101 Å². The summed E-state index contributed by atoms with van der Waals surface area (Å²) in [6.07, 6.45) is 3.03. The van der Waals surface area contributed by atoms with Crippen molar-refractivity contribution in [1.82, 2.24) is 15.1 Å². The molecular weight excluding hydrogens is 304 g/mol. The Bertz CT molecular complexity index is 864. The van der Waals surface area contributed by atoms with E-state index in [1.165, 1.54) is 17.4 Å². The number of carbonyl (C=O) groups is 1. The third kappa shape index (κ3) is 3.36. The highest BCUT2D eigenvalue weighted by molar-refractivity contribution is 7.07. The minimum Gasteiger partial charge on any atom is -0.322 e. The predicted molar refractivity (Wildman–Crippen MR) is 82.3 cm³/mol. The maximum absolute atomic E-state index is 11.8. The highest BCUT2D eigenvalue weighted by Gasteiger charge is 2.06. The summed E-state index contributed by atoms with van der Waals surface area (Å²) in [5.41, 5.74) is 3.63. The van der Waals surface area contributed by atoms with Gasteiger partial charge in [0.25, 0.3) is 0 Å². The summed E-state index contributed by atoms with van der Waals surface area (Å²) < 4.78 is 4.45. The van der Waals surface area contributed by atoms with E-state index < -0.39 is 5.76 Å². The molecule has 0 unspecified atom stereocenters. The fourth-order valence-electron chi connectivity index (χ4n) is 1.75. The first-order chi connectivity index (χ1) is 10.7. The second kappa shape index (κ2) is 6.19. The number of anilines is 1. The first-order valence-corrected chi connectivity index (χ1v) is 7.19. The predicted octanol–water partition coefficient (Wildman–Crippen LogP) is 2.14. The fraction of sp³-hybridized carbons (Fsp3) is 0. The Morgan fingerprint density at radius 1 is 1.41 bits per heavy atom. The zero-order valence-corrected chi connectivity index (χ0v) is 12.0. The van der Waals surface area contributed by atoms with Crippen molar-refractivity contribution < 1.29 is 9.32 Å². The molecule has 0 saturated heterocycles. The van der Waals surface area contributed by atoms with Gasteiger partial charge < -0.3 is 5.32 Å². The Labute approximate surface area is 128 Å². The molecule has 0 radical (unpaired) electrons. The number of aromatic nitrogens is 3. The van der Waals surface area contributed by atoms with Gasteiger partial charge in [0.15, 0.2) is 5.82 Å². The number of nitrogens with zero attached hydrogens (tertiary/aromatic N) is 2. The van der Waals surface area contributed by atoms with Gasteiger partial charge in [0, 0.05) is 22.7 Å². The standard InChI is InChI=1S/C14H10N4O3S/c19-12(5-4-11-7-22-8-15-11)16-10-3-1-2-9(6-10)13-17-14(20)21-18-13/h1-8H,(H,16,19)(H,17,18,20)/b5-4+. The molecule has 0 aliphatic carbocycles. The van der Waals surface area contributed by atoms with E-state index in [0.717, 1.165) is 5.69 Å². The lowest BCUT2D eigenvalue weighted by Gasteiger charge is -2.03. The van der Waals surface area contributed by atoms with Crippen molar-refractivity contribution in [2.24, 2.45) is 0 Å². The molecule has 1 aromatic carbocycles. The normalized spacial score (nSPS) is 10.9. The molecule has 110 valence electrons. The average molecular weight is 314 g/mol. The van der Waals surface area contributed by atoms with E-state index in [1.54, 1.807) is 35.9 Å². The Hall–Kier alpha value is -3.00. The molecule has 3 rings (SSSR count). The van der Waals surface area contributed by atoms with Crippen molar-refractivity contribution in [3.8, 4) is 11.4 Å². The number of thiazole rings is 1. The smallest absolute Gasteiger partial charge is 0.322 e. The maximum Gasteiger partial charge on any atom is 0.439 e. The van der Waals surface area contributed by atoms with Crippen LogP contribution in [0, 0.1) is 0 Å². The summed E-state index contributed by atoms with van der Waals surface area (Å²) in [6.45, 7) is 0. The molecule has 8 heteroatoms. The molecule has 0 bridgehead atoms. The summed E-state index contributed by atoms with van der Waals surface area (Å²) in [5, 5.41) is 8.16. The molecule has 0 aliphatic heterocycles. The van der Waals surface area contributed by atoms with Gasteiger partial charge in [-0.25, -0.2) is 9.78 Å². The first-order valence-electron chi connectivity index (χ1n) is 6.24. The number of amides is 1. The Morgan fingerprint density at radius 2 is 2.32 bits per heavy atom. The van der Waals surface area contributed by atoms with Crippen LogP contribution in [0.25, 0.3) is 17.5 Å². The van der Waals surface area contributed by atoms with Crippen molar-refractivity contribution >= 4 is 29.0 Å². The molecular formula is C14H10N4O3S. The van der Waals surface area contributed by atoms with Crippen molar-refractivity contribution in [2.45, 2.75) is 0 Å². The van der Waals surface area contributed by atoms with E-state index in [2.05, 4.69) is 25.0 Å². The van der Waals surface area contributed by atoms with Crippen molar-refractivity contribution in [3.05, 3.63) is 57.5 Å². The van der Waals surface area contributed by atoms with Gasteiger partial charge in [-0.3, -0.25) is 14.3 Å². The van der Waals surface area contributed by atoms with Crippen LogP contribution in [-0.4, -0.2) is 21.0 Å². The van der Waals surface area contributed by atoms with Crippen LogP contribution in [-0.2, 0) is 4.79 Å². The number of aromatic amines is 1. The summed E-state index contributed by atoms with van der Waals surface area (Å²) in [7, 11) is 0. The number of hydrogen-bond acceptors (Lipinski definition) is 6. The minimum absolute atomic E-state index is 0.279. The number of benzene rings is 1. The lowest BCUT2D eigenvalue weighted by Crippen LogP contribution is -2.07. The van der Waals surface area contributed by atoms with E-state index >= 15 is 0 Å². The second-order valence-corrected chi connectivity index (χ2v) is 4.98. The number of carbonyl (C=O) groups excluding carboxylic acids is 1. The van der Waals surface area contributed by atoms with E-state index in [0.29, 0.717) is 17.1 Å². The molecule has 2 aromatic heterocycles. The lowest BCUT2D eigenvalue weighted by atomic mass is 10.2. The summed E-state index contributed by atoms with van der Waals surface area (Å²) in [5.74, 6) is -0.603. The van der Waals surface area contributed by atoms with Gasteiger partial charge in [-0.05, 0) is 18.2 Å². The Balaban J connectivity index is 1.73. The van der Waals surface area contributed by atoms with Crippen LogP contribution in [0.5, 0.6) is 0 Å². The Morgan fingerprint density at radius 3 is 3.05 bits per heavy atom. The second-order valence-electron chi connectivity index (χ2n) is 4.26. The number of H-pyrrole nitrogens is 1. The molecule has 0 spiro atoms. The molecule has 0 fully saturated rings. The van der Waals surface area contributed by atoms with Crippen LogP contribution in [0.1, 0.15) is 5.69 Å². The summed E-state index contributed by atoms with van der Waals surface area (Å²) in [4.78, 5) is 29.3. The van der Waals surface area contributed by atoms with Gasteiger partial charge in [0.1, 0.15) is 0 Å². The lowest BCUT2D eigenvalue weighted by molar-refractivity contribution is -0.111. The zero-order valence-electron chi connectivity index (χ0n) is 11.1. The third-order valence-electron chi connectivity index (χ3n) is 2.70. The Kier molecular flexibility index (Phi) is 3.92. The average Bonchev–Trinajstić information content (AvgIpc) is 3.17. The summed E-state index contributed by atoms with van der Waals surface area (Å²) >= 11 is 1.46. The van der Waals surface area contributed by atoms with Gasteiger partial charge in [0.2, 0.25) is 5.91 Å². The van der Waals surface area contributed by atoms with Crippen LogP contribution in [0.2, 0.25) is 0 Å². The highest BCUT2D eigenvalue weighted by Crippen LogP contribution is 2.18. The van der Waals surface area contributed by atoms with Crippen LogP contribution in [0.3, 0.4) is 0 Å². The molecule has 22 heavy (non-hydrogen) atoms. The van der Waals surface area contributed by atoms with E-state index in [1.807, 2.05) is 5.38 Å². The van der Waals surface area contributed by atoms with E-state index in [9.17, 15) is 9.59 Å². The van der Waals surface area contributed by atoms with Gasteiger partial charge >= 0.3 is 5.76 Å². The summed E-state index contributed by atoms with van der Waals surface area (Å²) in [6, 6.07) is 6.90. The molecule has 2 N–H and O–H groups in total. The SMILES string of the molecule is O=C(/C=C/c1cscn1)Nc1cccc(-c2noc(=O)[nH]2)c1. The molecule has 1 amide bonds. The zero-order chi connectivity index (χ0) is 15.4. The third-order valence-corrected chi connectivity index (χ3v) is 3.31. The van der Waals surface area contributed by atoms with Crippen LogP contribution in [0.4, 0.5) is 5.69 Å². The van der Waals surface area contributed by atoms with E-state index in [-0.39, 0.29) is 5.91 Å². The minimum atomic E-state index is -0.629. The van der Waals surface area contributed by atoms with E-state index in [4.69, 9.17) is 0 Å². The number of hydrogen-bond donors (Lipinski definition) is 2.